The van der Waals surface area contributed by atoms with Crippen molar-refractivity contribution >= 4 is 11.4 Å². The Hall–Kier alpha value is -2.87. The Labute approximate surface area is 168 Å². The Kier molecular flexibility index (Phi) is 6.30. The lowest BCUT2D eigenvalue weighted by Gasteiger charge is -2.11. The van der Waals surface area contributed by atoms with Crippen molar-refractivity contribution in [2.75, 3.05) is 0 Å². The molecule has 3 rings (SSSR count). The molecule has 2 heteroatoms. The third kappa shape index (κ3) is 4.69. The van der Waals surface area contributed by atoms with Gasteiger partial charge in [0.1, 0.15) is 5.75 Å². The molecule has 0 aliphatic heterocycles. The average molecular weight is 372 g/mol. The molecule has 0 spiro atoms. The van der Waals surface area contributed by atoms with Gasteiger partial charge in [0.05, 0.1) is 5.69 Å². The molecule has 3 aromatic rings. The van der Waals surface area contributed by atoms with Gasteiger partial charge in [0.2, 0.25) is 0 Å². The van der Waals surface area contributed by atoms with Gasteiger partial charge in [-0.2, -0.15) is 0 Å². The number of aromatic hydroxyl groups is 1. The highest BCUT2D eigenvalue weighted by Crippen LogP contribution is 2.25. The van der Waals surface area contributed by atoms with E-state index in [1.165, 1.54) is 27.8 Å². The van der Waals surface area contributed by atoms with E-state index in [-0.39, 0.29) is 5.75 Å². The number of aliphatic imine (C=N–C) groups is 1. The van der Waals surface area contributed by atoms with Crippen LogP contribution in [0.3, 0.4) is 0 Å². The van der Waals surface area contributed by atoms with Crippen molar-refractivity contribution in [1.29, 1.82) is 0 Å². The van der Waals surface area contributed by atoms with Gasteiger partial charge in [-0.25, -0.2) is 0 Å². The van der Waals surface area contributed by atoms with Gasteiger partial charge in [0.25, 0.3) is 0 Å². The summed E-state index contributed by atoms with van der Waals surface area (Å²) < 4.78 is 0. The maximum absolute atomic E-state index is 9.47. The number of benzene rings is 3. The van der Waals surface area contributed by atoms with Crippen molar-refractivity contribution in [3.05, 3.63) is 94.0 Å². The Bertz CT molecular complexity index is 984. The van der Waals surface area contributed by atoms with Gasteiger partial charge < -0.3 is 5.11 Å². The second-order valence-electron chi connectivity index (χ2n) is 7.35. The van der Waals surface area contributed by atoms with Crippen LogP contribution in [-0.2, 0) is 19.3 Å². The van der Waals surface area contributed by atoms with Gasteiger partial charge in [-0.1, -0.05) is 44.2 Å². The van der Waals surface area contributed by atoms with Crippen LogP contribution in [0.5, 0.6) is 5.75 Å². The highest BCUT2D eigenvalue weighted by molar-refractivity contribution is 6.00. The summed E-state index contributed by atoms with van der Waals surface area (Å²) >= 11 is 0. The zero-order valence-electron chi connectivity index (χ0n) is 17.3. The fraction of sp³-hybridized carbons (Fsp3) is 0.269. The van der Waals surface area contributed by atoms with E-state index in [0.29, 0.717) is 0 Å². The van der Waals surface area contributed by atoms with Crippen molar-refractivity contribution in [1.82, 2.24) is 0 Å². The fourth-order valence-corrected chi connectivity index (χ4v) is 3.54. The standard InChI is InChI=1S/C26H29NO/c1-5-22-16-20(8-7-18(22)3)15-21-9-14-26(23(6-2)17-21)27-19(4)24-10-12-25(28)13-11-24/h7-14,16-17,28H,5-6,15H2,1-4H3. The molecule has 144 valence electrons. The number of phenolic OH excluding ortho intramolecular Hbond substituents is 1. The molecule has 0 saturated heterocycles. The summed E-state index contributed by atoms with van der Waals surface area (Å²) in [4.78, 5) is 4.85. The average Bonchev–Trinajstić information content (AvgIpc) is 2.71. The zero-order chi connectivity index (χ0) is 20.1. The molecule has 0 bridgehead atoms. The first-order chi connectivity index (χ1) is 13.5. The first kappa shape index (κ1) is 19.9. The molecule has 0 aliphatic carbocycles. The van der Waals surface area contributed by atoms with E-state index < -0.39 is 0 Å². The Balaban J connectivity index is 1.86. The normalized spacial score (nSPS) is 11.6. The topological polar surface area (TPSA) is 32.6 Å². The first-order valence-corrected chi connectivity index (χ1v) is 10.0. The summed E-state index contributed by atoms with van der Waals surface area (Å²) in [5.41, 5.74) is 9.75. The summed E-state index contributed by atoms with van der Waals surface area (Å²) in [6.45, 7) is 8.58. The third-order valence-corrected chi connectivity index (χ3v) is 5.30. The number of phenols is 1. The van der Waals surface area contributed by atoms with E-state index in [2.05, 4.69) is 57.2 Å². The van der Waals surface area contributed by atoms with Crippen molar-refractivity contribution in [3.8, 4) is 5.75 Å². The molecule has 0 aromatic heterocycles. The molecule has 2 nitrogen and oxygen atoms in total. The molecule has 0 radical (unpaired) electrons. The van der Waals surface area contributed by atoms with Crippen LogP contribution in [0.25, 0.3) is 0 Å². The predicted molar refractivity (Wildman–Crippen MR) is 119 cm³/mol. The quantitative estimate of drug-likeness (QED) is 0.489. The van der Waals surface area contributed by atoms with Crippen LogP contribution in [0.4, 0.5) is 5.69 Å². The van der Waals surface area contributed by atoms with Gasteiger partial charge in [-0.3, -0.25) is 4.99 Å². The molecule has 0 heterocycles. The monoisotopic (exact) mass is 371 g/mol. The van der Waals surface area contributed by atoms with Gasteiger partial charge in [-0.05, 0) is 96.8 Å². The molecule has 1 N–H and O–H groups in total. The number of aryl methyl sites for hydroxylation is 3. The van der Waals surface area contributed by atoms with Crippen LogP contribution >= 0.6 is 0 Å². The molecule has 3 aromatic carbocycles. The van der Waals surface area contributed by atoms with Gasteiger partial charge in [-0.15, -0.1) is 0 Å². The number of rotatable bonds is 6. The van der Waals surface area contributed by atoms with E-state index >= 15 is 0 Å². The van der Waals surface area contributed by atoms with Crippen LogP contribution < -0.4 is 0 Å². The van der Waals surface area contributed by atoms with E-state index in [9.17, 15) is 5.11 Å². The van der Waals surface area contributed by atoms with E-state index in [4.69, 9.17) is 4.99 Å². The van der Waals surface area contributed by atoms with Crippen LogP contribution in [0.2, 0.25) is 0 Å². The molecular formula is C26H29NO. The molecule has 0 atom stereocenters. The van der Waals surface area contributed by atoms with Crippen LogP contribution in [0.1, 0.15) is 54.2 Å². The number of hydrogen-bond acceptors (Lipinski definition) is 2. The van der Waals surface area contributed by atoms with Crippen LogP contribution in [0.15, 0.2) is 65.7 Å². The summed E-state index contributed by atoms with van der Waals surface area (Å²) in [6.07, 6.45) is 2.97. The molecule has 0 amide bonds. The minimum absolute atomic E-state index is 0.275. The maximum Gasteiger partial charge on any atom is 0.115 e. The third-order valence-electron chi connectivity index (χ3n) is 5.30. The molecular weight excluding hydrogens is 342 g/mol. The largest absolute Gasteiger partial charge is 0.508 e. The first-order valence-electron chi connectivity index (χ1n) is 10.0. The predicted octanol–water partition coefficient (Wildman–Crippen LogP) is 6.56. The minimum Gasteiger partial charge on any atom is -0.508 e. The van der Waals surface area contributed by atoms with Gasteiger partial charge in [0.15, 0.2) is 0 Å². The fourth-order valence-electron chi connectivity index (χ4n) is 3.54. The summed E-state index contributed by atoms with van der Waals surface area (Å²) in [5.74, 6) is 0.275. The van der Waals surface area contributed by atoms with Crippen molar-refractivity contribution < 1.29 is 5.11 Å². The molecule has 28 heavy (non-hydrogen) atoms. The number of nitrogens with zero attached hydrogens (tertiary/aromatic N) is 1. The minimum atomic E-state index is 0.275. The van der Waals surface area contributed by atoms with Crippen molar-refractivity contribution in [2.45, 2.75) is 47.0 Å². The zero-order valence-corrected chi connectivity index (χ0v) is 17.3. The molecule has 0 unspecified atom stereocenters. The maximum atomic E-state index is 9.47. The van der Waals surface area contributed by atoms with Crippen molar-refractivity contribution in [3.63, 3.8) is 0 Å². The smallest absolute Gasteiger partial charge is 0.115 e. The van der Waals surface area contributed by atoms with Crippen molar-refractivity contribution in [2.24, 2.45) is 4.99 Å². The summed E-state index contributed by atoms with van der Waals surface area (Å²) in [7, 11) is 0. The highest BCUT2D eigenvalue weighted by atomic mass is 16.3. The summed E-state index contributed by atoms with van der Waals surface area (Å²) in [5, 5.41) is 9.47. The van der Waals surface area contributed by atoms with E-state index in [1.54, 1.807) is 12.1 Å². The lowest BCUT2D eigenvalue weighted by atomic mass is 9.97. The lowest BCUT2D eigenvalue weighted by molar-refractivity contribution is 0.475. The molecule has 0 saturated carbocycles. The number of hydrogen-bond donors (Lipinski definition) is 1. The second kappa shape index (κ2) is 8.88. The highest BCUT2D eigenvalue weighted by Gasteiger charge is 2.06. The van der Waals surface area contributed by atoms with Gasteiger partial charge >= 0.3 is 0 Å². The Morgan fingerprint density at radius 1 is 0.821 bits per heavy atom. The Morgan fingerprint density at radius 2 is 1.43 bits per heavy atom. The van der Waals surface area contributed by atoms with Crippen LogP contribution in [-0.4, -0.2) is 10.8 Å². The lowest BCUT2D eigenvalue weighted by Crippen LogP contribution is -1.96. The van der Waals surface area contributed by atoms with E-state index in [0.717, 1.165) is 36.2 Å². The summed E-state index contributed by atoms with van der Waals surface area (Å²) in [6, 6.07) is 20.6. The molecule has 0 fully saturated rings. The van der Waals surface area contributed by atoms with Gasteiger partial charge in [0, 0.05) is 5.71 Å². The SMILES string of the molecule is CCc1cc(Cc2ccc(N=C(C)c3ccc(O)cc3)c(CC)c2)ccc1C. The van der Waals surface area contributed by atoms with Crippen LogP contribution in [0, 0.1) is 6.92 Å². The Morgan fingerprint density at radius 3 is 2.07 bits per heavy atom. The van der Waals surface area contributed by atoms with E-state index in [1.807, 2.05) is 19.1 Å². The molecule has 0 aliphatic rings. The second-order valence-corrected chi connectivity index (χ2v) is 7.35.